The van der Waals surface area contributed by atoms with Gasteiger partial charge in [-0.05, 0) is 37.8 Å². The van der Waals surface area contributed by atoms with Crippen LogP contribution < -0.4 is 0 Å². The zero-order valence-corrected chi connectivity index (χ0v) is 11.5. The van der Waals surface area contributed by atoms with Gasteiger partial charge in [-0.3, -0.25) is 4.79 Å². The summed E-state index contributed by atoms with van der Waals surface area (Å²) in [4.78, 5) is 19.1. The molecule has 98 valence electrons. The number of benzene rings is 1. The van der Waals surface area contributed by atoms with Crippen LogP contribution in [0.15, 0.2) is 24.3 Å². The lowest BCUT2D eigenvalue weighted by Gasteiger charge is -2.22. The predicted molar refractivity (Wildman–Crippen MR) is 76.0 cm³/mol. The summed E-state index contributed by atoms with van der Waals surface area (Å²) in [6.45, 7) is 0.913. The number of thiazole rings is 1. The van der Waals surface area contributed by atoms with E-state index in [1.54, 1.807) is 11.3 Å². The molecule has 4 rings (SSSR count). The van der Waals surface area contributed by atoms with E-state index in [2.05, 4.69) is 17.0 Å². The molecule has 1 atom stereocenters. The molecular weight excluding hydrogens is 256 g/mol. The van der Waals surface area contributed by atoms with E-state index in [1.165, 1.54) is 4.70 Å². The monoisotopic (exact) mass is 272 g/mol. The Kier molecular flexibility index (Phi) is 2.58. The fourth-order valence-corrected chi connectivity index (χ4v) is 4.00. The lowest BCUT2D eigenvalue weighted by atomic mass is 10.2. The van der Waals surface area contributed by atoms with Crippen molar-refractivity contribution in [1.82, 2.24) is 9.88 Å². The third-order valence-electron chi connectivity index (χ3n) is 4.06. The molecule has 2 fully saturated rings. The highest BCUT2D eigenvalue weighted by atomic mass is 32.1. The third kappa shape index (κ3) is 1.94. The zero-order chi connectivity index (χ0) is 12.8. The summed E-state index contributed by atoms with van der Waals surface area (Å²) in [5, 5.41) is 1.12. The van der Waals surface area contributed by atoms with Crippen LogP contribution in [-0.2, 0) is 4.79 Å². The molecule has 19 heavy (non-hydrogen) atoms. The Bertz CT molecular complexity index is 599. The van der Waals surface area contributed by atoms with Crippen molar-refractivity contribution < 1.29 is 4.79 Å². The average Bonchev–Trinajstić information content (AvgIpc) is 3.02. The van der Waals surface area contributed by atoms with E-state index >= 15 is 0 Å². The van der Waals surface area contributed by atoms with Crippen LogP contribution in [0.1, 0.15) is 36.7 Å². The first kappa shape index (κ1) is 11.4. The van der Waals surface area contributed by atoms with Gasteiger partial charge in [0.15, 0.2) is 0 Å². The molecule has 1 aliphatic heterocycles. The van der Waals surface area contributed by atoms with Gasteiger partial charge in [0.05, 0.1) is 16.3 Å². The van der Waals surface area contributed by atoms with Crippen LogP contribution in [0.3, 0.4) is 0 Å². The molecule has 1 saturated carbocycles. The van der Waals surface area contributed by atoms with Gasteiger partial charge in [0.1, 0.15) is 5.01 Å². The SMILES string of the molecule is O=C(C1CC1)N1CCCC1c1nc2ccccc2s1. The van der Waals surface area contributed by atoms with Crippen molar-refractivity contribution in [1.29, 1.82) is 0 Å². The van der Waals surface area contributed by atoms with Gasteiger partial charge in [0.2, 0.25) is 5.91 Å². The molecule has 2 aromatic rings. The number of likely N-dealkylation sites (tertiary alicyclic amines) is 1. The predicted octanol–water partition coefficient (Wildman–Crippen LogP) is 3.37. The molecule has 4 heteroatoms. The minimum absolute atomic E-state index is 0.227. The Balaban J connectivity index is 1.67. The van der Waals surface area contributed by atoms with E-state index in [-0.39, 0.29) is 6.04 Å². The molecule has 1 aliphatic carbocycles. The highest BCUT2D eigenvalue weighted by Gasteiger charge is 2.39. The van der Waals surface area contributed by atoms with Gasteiger partial charge in [0, 0.05) is 12.5 Å². The second kappa shape index (κ2) is 4.30. The van der Waals surface area contributed by atoms with Gasteiger partial charge in [-0.15, -0.1) is 11.3 Å². The first-order valence-electron chi connectivity index (χ1n) is 6.99. The number of amides is 1. The van der Waals surface area contributed by atoms with E-state index in [1.807, 2.05) is 12.1 Å². The Morgan fingerprint density at radius 1 is 1.26 bits per heavy atom. The quantitative estimate of drug-likeness (QED) is 0.839. The molecule has 1 unspecified atom stereocenters. The van der Waals surface area contributed by atoms with Crippen molar-refractivity contribution in [2.24, 2.45) is 5.92 Å². The van der Waals surface area contributed by atoms with Gasteiger partial charge >= 0.3 is 0 Å². The molecule has 1 amide bonds. The highest BCUT2D eigenvalue weighted by Crippen LogP contribution is 2.40. The molecule has 1 saturated heterocycles. The molecule has 1 aromatic heterocycles. The van der Waals surface area contributed by atoms with Crippen molar-refractivity contribution in [2.45, 2.75) is 31.7 Å². The van der Waals surface area contributed by atoms with E-state index in [0.29, 0.717) is 11.8 Å². The largest absolute Gasteiger partial charge is 0.333 e. The summed E-state index contributed by atoms with van der Waals surface area (Å²) >= 11 is 1.74. The zero-order valence-electron chi connectivity index (χ0n) is 10.7. The topological polar surface area (TPSA) is 33.2 Å². The van der Waals surface area contributed by atoms with Crippen LogP contribution in [0.2, 0.25) is 0 Å². The summed E-state index contributed by atoms with van der Waals surface area (Å²) in [7, 11) is 0. The van der Waals surface area contributed by atoms with Crippen molar-refractivity contribution in [3.63, 3.8) is 0 Å². The van der Waals surface area contributed by atoms with Crippen LogP contribution in [0.25, 0.3) is 10.2 Å². The van der Waals surface area contributed by atoms with E-state index in [4.69, 9.17) is 4.98 Å². The van der Waals surface area contributed by atoms with E-state index < -0.39 is 0 Å². The number of fused-ring (bicyclic) bond motifs is 1. The highest BCUT2D eigenvalue weighted by molar-refractivity contribution is 7.18. The standard InChI is InChI=1S/C15H16N2OS/c18-15(10-7-8-10)17-9-3-5-12(17)14-16-11-4-1-2-6-13(11)19-14/h1-2,4,6,10,12H,3,5,7-9H2. The molecule has 0 N–H and O–H groups in total. The molecule has 3 nitrogen and oxygen atoms in total. The second-order valence-electron chi connectivity index (χ2n) is 5.48. The van der Waals surface area contributed by atoms with Crippen LogP contribution in [-0.4, -0.2) is 22.3 Å². The van der Waals surface area contributed by atoms with Crippen molar-refractivity contribution in [2.75, 3.05) is 6.54 Å². The lowest BCUT2D eigenvalue weighted by molar-refractivity contribution is -0.133. The molecular formula is C15H16N2OS. The first-order chi connectivity index (χ1) is 9.33. The summed E-state index contributed by atoms with van der Waals surface area (Å²) in [5.41, 5.74) is 1.06. The number of hydrogen-bond acceptors (Lipinski definition) is 3. The number of hydrogen-bond donors (Lipinski definition) is 0. The Morgan fingerprint density at radius 3 is 2.89 bits per heavy atom. The van der Waals surface area contributed by atoms with Gasteiger partial charge < -0.3 is 4.90 Å². The van der Waals surface area contributed by atoms with E-state index in [0.717, 1.165) is 42.8 Å². The molecule has 0 bridgehead atoms. The second-order valence-corrected chi connectivity index (χ2v) is 6.55. The number of carbonyl (C=O) groups is 1. The summed E-state index contributed by atoms with van der Waals surface area (Å²) in [5.74, 6) is 0.678. The maximum Gasteiger partial charge on any atom is 0.226 e. The minimum Gasteiger partial charge on any atom is -0.333 e. The molecule has 1 aromatic carbocycles. The maximum atomic E-state index is 12.3. The number of nitrogens with zero attached hydrogens (tertiary/aromatic N) is 2. The smallest absolute Gasteiger partial charge is 0.226 e. The van der Waals surface area contributed by atoms with E-state index in [9.17, 15) is 4.79 Å². The van der Waals surface area contributed by atoms with Gasteiger partial charge in [-0.1, -0.05) is 12.1 Å². The van der Waals surface area contributed by atoms with Crippen LogP contribution in [0, 0.1) is 5.92 Å². The Labute approximate surface area is 116 Å². The summed E-state index contributed by atoms with van der Waals surface area (Å²) < 4.78 is 1.23. The Morgan fingerprint density at radius 2 is 2.11 bits per heavy atom. The van der Waals surface area contributed by atoms with Gasteiger partial charge in [-0.25, -0.2) is 4.98 Å². The summed E-state index contributed by atoms with van der Waals surface area (Å²) in [6.07, 6.45) is 4.35. The van der Waals surface area contributed by atoms with Crippen LogP contribution in [0.4, 0.5) is 0 Å². The number of carbonyl (C=O) groups excluding carboxylic acids is 1. The Hall–Kier alpha value is -1.42. The first-order valence-corrected chi connectivity index (χ1v) is 7.80. The fourth-order valence-electron chi connectivity index (χ4n) is 2.88. The molecule has 2 aliphatic rings. The normalized spacial score (nSPS) is 23.2. The van der Waals surface area contributed by atoms with Crippen molar-refractivity contribution in [3.8, 4) is 0 Å². The average molecular weight is 272 g/mol. The minimum atomic E-state index is 0.227. The number of para-hydroxylation sites is 1. The fraction of sp³-hybridized carbons (Fsp3) is 0.467. The third-order valence-corrected chi connectivity index (χ3v) is 5.20. The number of aromatic nitrogens is 1. The maximum absolute atomic E-state index is 12.3. The van der Waals surface area contributed by atoms with Gasteiger partial charge in [-0.2, -0.15) is 0 Å². The van der Waals surface area contributed by atoms with Gasteiger partial charge in [0.25, 0.3) is 0 Å². The van der Waals surface area contributed by atoms with Crippen molar-refractivity contribution >= 4 is 27.5 Å². The lowest BCUT2D eigenvalue weighted by Crippen LogP contribution is -2.31. The van der Waals surface area contributed by atoms with Crippen molar-refractivity contribution in [3.05, 3.63) is 29.3 Å². The van der Waals surface area contributed by atoms with Crippen LogP contribution in [0.5, 0.6) is 0 Å². The molecule has 2 heterocycles. The molecule has 0 radical (unpaired) electrons. The molecule has 0 spiro atoms. The van der Waals surface area contributed by atoms with Crippen LogP contribution >= 0.6 is 11.3 Å². The number of rotatable bonds is 2. The summed E-state index contributed by atoms with van der Waals surface area (Å²) in [6, 6.07) is 8.46.